The molecule has 2 aromatic rings. The molecule has 184 valence electrons. The Morgan fingerprint density at radius 3 is 1.48 bits per heavy atom. The Morgan fingerprint density at radius 1 is 0.606 bits per heavy atom. The predicted octanol–water partition coefficient (Wildman–Crippen LogP) is 7.71. The SMILES string of the molecule is COC(C)(CC(F)(F)C(F)(F)C(F)(F)C(F)(F)C(F)(F)F)c1ccc(-c2ccccc2)cc1. The van der Waals surface area contributed by atoms with Gasteiger partial charge in [0.1, 0.15) is 0 Å². The third-order valence-corrected chi connectivity index (χ3v) is 5.22. The third-order valence-electron chi connectivity index (χ3n) is 5.22. The molecule has 12 heteroatoms. The average Bonchev–Trinajstić information content (AvgIpc) is 2.73. The molecule has 0 spiro atoms. The maximum absolute atomic E-state index is 14.3. The second-order valence-corrected chi connectivity index (χ2v) is 7.48. The number of hydrogen-bond donors (Lipinski definition) is 0. The number of halogens is 11. The smallest absolute Gasteiger partial charge is 0.374 e. The van der Waals surface area contributed by atoms with E-state index < -0.39 is 41.9 Å². The quantitative estimate of drug-likeness (QED) is 0.342. The van der Waals surface area contributed by atoms with Gasteiger partial charge in [0.05, 0.1) is 12.0 Å². The summed E-state index contributed by atoms with van der Waals surface area (Å²) in [6.45, 7) is 0.786. The number of methoxy groups -OCH3 is 1. The first-order chi connectivity index (χ1) is 14.8. The summed E-state index contributed by atoms with van der Waals surface area (Å²) in [7, 11) is 0.766. The van der Waals surface area contributed by atoms with Gasteiger partial charge in [-0.1, -0.05) is 54.6 Å². The Bertz CT molecular complexity index is 937. The molecule has 0 aliphatic rings. The highest BCUT2D eigenvalue weighted by atomic mass is 19.4. The first-order valence-corrected chi connectivity index (χ1v) is 9.13. The van der Waals surface area contributed by atoms with Gasteiger partial charge in [0.2, 0.25) is 0 Å². The first kappa shape index (κ1) is 26.9. The van der Waals surface area contributed by atoms with E-state index in [1.54, 1.807) is 30.3 Å². The predicted molar refractivity (Wildman–Crippen MR) is 96.7 cm³/mol. The van der Waals surface area contributed by atoms with Crippen LogP contribution in [-0.4, -0.2) is 37.0 Å². The van der Waals surface area contributed by atoms with Crippen LogP contribution in [-0.2, 0) is 10.3 Å². The van der Waals surface area contributed by atoms with Gasteiger partial charge in [0.15, 0.2) is 0 Å². The van der Waals surface area contributed by atoms with Gasteiger partial charge in [-0.3, -0.25) is 0 Å². The Labute approximate surface area is 181 Å². The summed E-state index contributed by atoms with van der Waals surface area (Å²) in [6.07, 6.45) is -9.52. The van der Waals surface area contributed by atoms with Crippen molar-refractivity contribution in [1.82, 2.24) is 0 Å². The van der Waals surface area contributed by atoms with Crippen LogP contribution in [0.5, 0.6) is 0 Å². The highest BCUT2D eigenvalue weighted by Crippen LogP contribution is 2.59. The van der Waals surface area contributed by atoms with Crippen LogP contribution < -0.4 is 0 Å². The molecule has 0 aromatic heterocycles. The topological polar surface area (TPSA) is 9.23 Å². The fourth-order valence-corrected chi connectivity index (χ4v) is 3.08. The molecular weight excluding hydrogens is 477 g/mol. The zero-order chi connectivity index (χ0) is 25.5. The van der Waals surface area contributed by atoms with Crippen molar-refractivity contribution in [3.05, 3.63) is 60.2 Å². The van der Waals surface area contributed by atoms with E-state index in [4.69, 9.17) is 4.74 Å². The van der Waals surface area contributed by atoms with E-state index in [0.717, 1.165) is 26.2 Å². The monoisotopic (exact) mass is 494 g/mol. The van der Waals surface area contributed by atoms with Crippen LogP contribution >= 0.6 is 0 Å². The van der Waals surface area contributed by atoms with Gasteiger partial charge >= 0.3 is 29.9 Å². The van der Waals surface area contributed by atoms with Gasteiger partial charge in [-0.15, -0.1) is 0 Å². The zero-order valence-electron chi connectivity index (χ0n) is 17.0. The summed E-state index contributed by atoms with van der Waals surface area (Å²) < 4.78 is 151. The molecule has 0 fully saturated rings. The van der Waals surface area contributed by atoms with Crippen molar-refractivity contribution < 1.29 is 53.0 Å². The van der Waals surface area contributed by atoms with Crippen molar-refractivity contribution >= 4 is 0 Å². The normalized spacial score (nSPS) is 15.9. The summed E-state index contributed by atoms with van der Waals surface area (Å²) >= 11 is 0. The molecule has 2 aromatic carbocycles. The largest absolute Gasteiger partial charge is 0.460 e. The summed E-state index contributed by atoms with van der Waals surface area (Å²) in [5, 5.41) is 0. The summed E-state index contributed by atoms with van der Waals surface area (Å²) in [4.78, 5) is 0. The van der Waals surface area contributed by atoms with E-state index in [0.29, 0.717) is 11.1 Å². The van der Waals surface area contributed by atoms with E-state index in [2.05, 4.69) is 0 Å². The number of hydrogen-bond acceptors (Lipinski definition) is 1. The van der Waals surface area contributed by atoms with Crippen molar-refractivity contribution in [2.75, 3.05) is 7.11 Å². The average molecular weight is 494 g/mol. The number of ether oxygens (including phenoxy) is 1. The third kappa shape index (κ3) is 4.53. The minimum absolute atomic E-state index is 0.231. The van der Waals surface area contributed by atoms with E-state index in [9.17, 15) is 48.3 Å². The van der Waals surface area contributed by atoms with Crippen LogP contribution in [0.15, 0.2) is 54.6 Å². The van der Waals surface area contributed by atoms with Crippen molar-refractivity contribution in [2.45, 2.75) is 48.8 Å². The van der Waals surface area contributed by atoms with Gasteiger partial charge in [0.25, 0.3) is 0 Å². The molecule has 0 aliphatic heterocycles. The second kappa shape index (κ2) is 8.44. The van der Waals surface area contributed by atoms with E-state index in [1.165, 1.54) is 12.1 Å². The Morgan fingerprint density at radius 2 is 1.06 bits per heavy atom. The van der Waals surface area contributed by atoms with Crippen LogP contribution in [0.2, 0.25) is 0 Å². The van der Waals surface area contributed by atoms with Crippen LogP contribution in [0.25, 0.3) is 11.1 Å². The summed E-state index contributed by atoms with van der Waals surface area (Å²) in [5.74, 6) is -28.0. The lowest BCUT2D eigenvalue weighted by molar-refractivity contribution is -0.424. The molecule has 0 N–H and O–H groups in total. The first-order valence-electron chi connectivity index (χ1n) is 9.13. The summed E-state index contributed by atoms with van der Waals surface area (Å²) in [6, 6.07) is 13.6. The number of alkyl halides is 11. The molecule has 1 atom stereocenters. The standard InChI is InChI=1S/C21H17F11O/c1-16(33-2,15-10-8-14(9-11-15)13-6-4-3-5-7-13)12-17(22,23)18(24,25)19(26,27)20(28,29)21(30,31)32/h3-11H,12H2,1-2H3. The van der Waals surface area contributed by atoms with Gasteiger partial charge in [-0.25, -0.2) is 0 Å². The molecule has 1 unspecified atom stereocenters. The van der Waals surface area contributed by atoms with Crippen LogP contribution in [0.1, 0.15) is 18.9 Å². The molecule has 2 rings (SSSR count). The molecule has 0 radical (unpaired) electrons. The summed E-state index contributed by atoms with van der Waals surface area (Å²) in [5.41, 5.74) is -1.43. The highest BCUT2D eigenvalue weighted by Gasteiger charge is 2.87. The van der Waals surface area contributed by atoms with Gasteiger partial charge in [0, 0.05) is 7.11 Å². The van der Waals surface area contributed by atoms with Crippen molar-refractivity contribution in [1.29, 1.82) is 0 Å². The number of rotatable bonds is 8. The van der Waals surface area contributed by atoms with E-state index in [-0.39, 0.29) is 5.56 Å². The molecule has 1 nitrogen and oxygen atoms in total. The minimum atomic E-state index is -7.45. The van der Waals surface area contributed by atoms with Crippen molar-refractivity contribution in [3.8, 4) is 11.1 Å². The Balaban J connectivity index is 2.42. The fraction of sp³-hybridized carbons (Fsp3) is 0.429. The Kier molecular flexibility index (Phi) is 6.88. The van der Waals surface area contributed by atoms with E-state index in [1.807, 2.05) is 0 Å². The molecule has 0 heterocycles. The molecular formula is C21H17F11O. The second-order valence-electron chi connectivity index (χ2n) is 7.48. The number of benzene rings is 2. The highest BCUT2D eigenvalue weighted by molar-refractivity contribution is 5.63. The van der Waals surface area contributed by atoms with Crippen LogP contribution in [0, 0.1) is 0 Å². The minimum Gasteiger partial charge on any atom is -0.374 e. The fourth-order valence-electron chi connectivity index (χ4n) is 3.08. The molecule has 0 bridgehead atoms. The Hall–Kier alpha value is -2.37. The molecule has 0 aliphatic carbocycles. The van der Waals surface area contributed by atoms with Crippen LogP contribution in [0.4, 0.5) is 48.3 Å². The lowest BCUT2D eigenvalue weighted by Crippen LogP contribution is -2.67. The van der Waals surface area contributed by atoms with Gasteiger partial charge < -0.3 is 4.74 Å². The van der Waals surface area contributed by atoms with Gasteiger partial charge in [-0.2, -0.15) is 48.3 Å². The lowest BCUT2D eigenvalue weighted by atomic mass is 9.84. The molecule has 0 saturated carbocycles. The zero-order valence-corrected chi connectivity index (χ0v) is 17.0. The maximum Gasteiger partial charge on any atom is 0.460 e. The van der Waals surface area contributed by atoms with Crippen LogP contribution in [0.3, 0.4) is 0 Å². The van der Waals surface area contributed by atoms with E-state index >= 15 is 0 Å². The van der Waals surface area contributed by atoms with Crippen molar-refractivity contribution in [3.63, 3.8) is 0 Å². The van der Waals surface area contributed by atoms with Crippen molar-refractivity contribution in [2.24, 2.45) is 0 Å². The molecule has 0 saturated heterocycles. The maximum atomic E-state index is 14.3. The molecule has 33 heavy (non-hydrogen) atoms. The molecule has 0 amide bonds. The lowest BCUT2D eigenvalue weighted by Gasteiger charge is -2.40. The van der Waals surface area contributed by atoms with Gasteiger partial charge in [-0.05, 0) is 23.6 Å².